The molecule has 0 unspecified atom stereocenters. The van der Waals surface area contributed by atoms with Gasteiger partial charge in [-0.05, 0) is 55.3 Å². The molecular weight excluding hydrogens is 270 g/mol. The fourth-order valence-electron chi connectivity index (χ4n) is 1.77. The van der Waals surface area contributed by atoms with Crippen molar-refractivity contribution in [2.45, 2.75) is 23.6 Å². The third kappa shape index (κ3) is 3.14. The van der Waals surface area contributed by atoms with E-state index >= 15 is 0 Å². The van der Waals surface area contributed by atoms with E-state index in [1.54, 1.807) is 30.0 Å². The van der Waals surface area contributed by atoms with Gasteiger partial charge in [-0.25, -0.2) is 4.79 Å². The Morgan fingerprint density at radius 1 is 1.10 bits per heavy atom. The molecule has 104 valence electrons. The van der Waals surface area contributed by atoms with E-state index in [-0.39, 0.29) is 5.97 Å². The Hall–Kier alpha value is -1.94. The first-order chi connectivity index (χ1) is 9.51. The first-order valence-corrected chi connectivity index (χ1v) is 7.06. The number of hydrogen-bond acceptors (Lipinski definition) is 4. The van der Waals surface area contributed by atoms with Crippen molar-refractivity contribution in [3.05, 3.63) is 53.1 Å². The molecule has 0 radical (unpaired) electrons. The molecule has 0 spiro atoms. The average Bonchev–Trinajstić information content (AvgIpc) is 2.44. The number of nitrogen functional groups attached to an aromatic ring is 1. The summed E-state index contributed by atoms with van der Waals surface area (Å²) in [5.41, 5.74) is 9.62. The van der Waals surface area contributed by atoms with Crippen molar-refractivity contribution >= 4 is 23.4 Å². The Bertz CT molecular complexity index is 653. The van der Waals surface area contributed by atoms with Crippen LogP contribution < -0.4 is 5.73 Å². The van der Waals surface area contributed by atoms with Crippen LogP contribution in [0.3, 0.4) is 0 Å². The third-order valence-electron chi connectivity index (χ3n) is 3.14. The lowest BCUT2D eigenvalue weighted by Gasteiger charge is -2.09. The van der Waals surface area contributed by atoms with E-state index in [0.717, 1.165) is 9.79 Å². The van der Waals surface area contributed by atoms with Crippen molar-refractivity contribution in [2.24, 2.45) is 0 Å². The van der Waals surface area contributed by atoms with E-state index in [2.05, 4.69) is 32.0 Å². The summed E-state index contributed by atoms with van der Waals surface area (Å²) in [6, 6.07) is 11.4. The lowest BCUT2D eigenvalue weighted by Crippen LogP contribution is -2.02. The standard InChI is InChI=1S/C16H17NO2S/c1-10-4-6-13(8-11(10)2)20-15-9-12(16(18)19-3)5-7-14(15)17/h4-9H,17H2,1-3H3. The fraction of sp³-hybridized carbons (Fsp3) is 0.188. The highest BCUT2D eigenvalue weighted by atomic mass is 32.2. The van der Waals surface area contributed by atoms with Crippen LogP contribution in [0.1, 0.15) is 21.5 Å². The van der Waals surface area contributed by atoms with Crippen molar-refractivity contribution in [1.82, 2.24) is 0 Å². The minimum absolute atomic E-state index is 0.355. The van der Waals surface area contributed by atoms with Crippen LogP contribution in [-0.2, 0) is 4.74 Å². The number of esters is 1. The second-order valence-electron chi connectivity index (χ2n) is 4.59. The largest absolute Gasteiger partial charge is 0.465 e. The van der Waals surface area contributed by atoms with Crippen LogP contribution in [0, 0.1) is 13.8 Å². The van der Waals surface area contributed by atoms with Crippen LogP contribution in [-0.4, -0.2) is 13.1 Å². The van der Waals surface area contributed by atoms with Crippen molar-refractivity contribution < 1.29 is 9.53 Å². The topological polar surface area (TPSA) is 52.3 Å². The maximum atomic E-state index is 11.6. The molecule has 4 heteroatoms. The van der Waals surface area contributed by atoms with E-state index in [0.29, 0.717) is 11.3 Å². The predicted molar refractivity (Wildman–Crippen MR) is 82.2 cm³/mol. The molecule has 0 bridgehead atoms. The number of nitrogens with two attached hydrogens (primary N) is 1. The van der Waals surface area contributed by atoms with E-state index in [9.17, 15) is 4.79 Å². The summed E-state index contributed by atoms with van der Waals surface area (Å²) in [5, 5.41) is 0. The van der Waals surface area contributed by atoms with Gasteiger partial charge in [0, 0.05) is 15.5 Å². The number of rotatable bonds is 3. The highest BCUT2D eigenvalue weighted by Gasteiger charge is 2.10. The van der Waals surface area contributed by atoms with Crippen molar-refractivity contribution in [3.8, 4) is 0 Å². The Morgan fingerprint density at radius 3 is 2.50 bits per heavy atom. The molecule has 0 aliphatic heterocycles. The zero-order chi connectivity index (χ0) is 14.7. The van der Waals surface area contributed by atoms with Gasteiger partial charge in [0.25, 0.3) is 0 Å². The highest BCUT2D eigenvalue weighted by molar-refractivity contribution is 7.99. The number of aryl methyl sites for hydroxylation is 2. The third-order valence-corrected chi connectivity index (χ3v) is 4.20. The lowest BCUT2D eigenvalue weighted by molar-refractivity contribution is 0.0600. The fourth-order valence-corrected chi connectivity index (χ4v) is 2.77. The van der Waals surface area contributed by atoms with Crippen LogP contribution in [0.2, 0.25) is 0 Å². The van der Waals surface area contributed by atoms with E-state index in [1.807, 2.05) is 0 Å². The smallest absolute Gasteiger partial charge is 0.337 e. The molecule has 0 aliphatic carbocycles. The van der Waals surface area contributed by atoms with Gasteiger partial charge in [-0.1, -0.05) is 17.8 Å². The molecule has 0 atom stereocenters. The summed E-state index contributed by atoms with van der Waals surface area (Å²) >= 11 is 1.55. The van der Waals surface area contributed by atoms with Crippen LogP contribution in [0.25, 0.3) is 0 Å². The molecule has 0 amide bonds. The molecule has 0 saturated carbocycles. The zero-order valence-electron chi connectivity index (χ0n) is 11.8. The van der Waals surface area contributed by atoms with Gasteiger partial charge < -0.3 is 10.5 Å². The summed E-state index contributed by atoms with van der Waals surface area (Å²) in [4.78, 5) is 13.5. The molecule has 2 rings (SSSR count). The minimum Gasteiger partial charge on any atom is -0.465 e. The molecule has 0 saturated heterocycles. The Balaban J connectivity index is 2.32. The molecule has 0 fully saturated rings. The first kappa shape index (κ1) is 14.5. The molecule has 2 aromatic rings. The second kappa shape index (κ2) is 6.01. The summed E-state index contributed by atoms with van der Waals surface area (Å²) in [6.45, 7) is 4.16. The molecule has 0 heterocycles. The summed E-state index contributed by atoms with van der Waals surface area (Å²) in [6.07, 6.45) is 0. The monoisotopic (exact) mass is 287 g/mol. The zero-order valence-corrected chi connectivity index (χ0v) is 12.6. The molecule has 2 N–H and O–H groups in total. The summed E-state index contributed by atoms with van der Waals surface area (Å²) in [5.74, 6) is -0.355. The van der Waals surface area contributed by atoms with Crippen molar-refractivity contribution in [2.75, 3.05) is 12.8 Å². The van der Waals surface area contributed by atoms with E-state index in [4.69, 9.17) is 10.5 Å². The van der Waals surface area contributed by atoms with Gasteiger partial charge >= 0.3 is 5.97 Å². The van der Waals surface area contributed by atoms with Gasteiger partial charge in [0.15, 0.2) is 0 Å². The molecular formula is C16H17NO2S. The molecule has 0 aromatic heterocycles. The number of hydrogen-bond donors (Lipinski definition) is 1. The predicted octanol–water partition coefficient (Wildman–Crippen LogP) is 3.82. The maximum Gasteiger partial charge on any atom is 0.337 e. The lowest BCUT2D eigenvalue weighted by atomic mass is 10.1. The number of benzene rings is 2. The second-order valence-corrected chi connectivity index (χ2v) is 5.71. The number of carbonyl (C=O) groups is 1. The number of carbonyl (C=O) groups excluding carboxylic acids is 1. The van der Waals surface area contributed by atoms with Gasteiger partial charge in [-0.2, -0.15) is 0 Å². The van der Waals surface area contributed by atoms with Crippen LogP contribution in [0.15, 0.2) is 46.2 Å². The van der Waals surface area contributed by atoms with Crippen molar-refractivity contribution in [3.63, 3.8) is 0 Å². The van der Waals surface area contributed by atoms with Gasteiger partial charge in [-0.15, -0.1) is 0 Å². The van der Waals surface area contributed by atoms with Crippen LogP contribution in [0.5, 0.6) is 0 Å². The highest BCUT2D eigenvalue weighted by Crippen LogP contribution is 2.33. The maximum absolute atomic E-state index is 11.6. The van der Waals surface area contributed by atoms with E-state index < -0.39 is 0 Å². The Morgan fingerprint density at radius 2 is 1.85 bits per heavy atom. The normalized spacial score (nSPS) is 10.3. The summed E-state index contributed by atoms with van der Waals surface area (Å²) in [7, 11) is 1.37. The molecule has 2 aromatic carbocycles. The van der Waals surface area contributed by atoms with Gasteiger partial charge in [0.1, 0.15) is 0 Å². The Kier molecular flexibility index (Phi) is 4.35. The van der Waals surface area contributed by atoms with Crippen LogP contribution >= 0.6 is 11.8 Å². The number of ether oxygens (including phenoxy) is 1. The van der Waals surface area contributed by atoms with E-state index in [1.165, 1.54) is 18.2 Å². The Labute approximate surface area is 123 Å². The average molecular weight is 287 g/mol. The molecule has 0 aliphatic rings. The molecule has 3 nitrogen and oxygen atoms in total. The van der Waals surface area contributed by atoms with Gasteiger partial charge in [0.05, 0.1) is 12.7 Å². The SMILES string of the molecule is COC(=O)c1ccc(N)c(Sc2ccc(C)c(C)c2)c1. The number of methoxy groups -OCH3 is 1. The first-order valence-electron chi connectivity index (χ1n) is 6.24. The number of anilines is 1. The minimum atomic E-state index is -0.355. The van der Waals surface area contributed by atoms with Gasteiger partial charge in [0.2, 0.25) is 0 Å². The molecule has 20 heavy (non-hydrogen) atoms. The van der Waals surface area contributed by atoms with Crippen LogP contribution in [0.4, 0.5) is 5.69 Å². The summed E-state index contributed by atoms with van der Waals surface area (Å²) < 4.78 is 4.73. The van der Waals surface area contributed by atoms with Gasteiger partial charge in [-0.3, -0.25) is 0 Å². The quantitative estimate of drug-likeness (QED) is 0.688. The van der Waals surface area contributed by atoms with Crippen molar-refractivity contribution in [1.29, 1.82) is 0 Å².